The molecule has 0 heterocycles. The molecule has 0 aromatic heterocycles. The Morgan fingerprint density at radius 1 is 1.54 bits per heavy atom. The lowest BCUT2D eigenvalue weighted by molar-refractivity contribution is -0.142. The van der Waals surface area contributed by atoms with Crippen molar-refractivity contribution in [3.63, 3.8) is 0 Å². The third-order valence-electron chi connectivity index (χ3n) is 1.32. The van der Waals surface area contributed by atoms with Crippen LogP contribution in [0.15, 0.2) is 12.2 Å². The Morgan fingerprint density at radius 2 is 2.31 bits per heavy atom. The molecule has 0 fully saturated rings. The molecule has 0 saturated carbocycles. The van der Waals surface area contributed by atoms with Gasteiger partial charge in [0.05, 0.1) is 0 Å². The van der Waals surface area contributed by atoms with Crippen molar-refractivity contribution in [3.8, 4) is 12.3 Å². The summed E-state index contributed by atoms with van der Waals surface area (Å²) in [6.45, 7) is 0.254. The lowest BCUT2D eigenvalue weighted by Gasteiger charge is -1.99. The first-order chi connectivity index (χ1) is 6.31. The molecule has 0 aliphatic heterocycles. The van der Waals surface area contributed by atoms with E-state index >= 15 is 0 Å². The van der Waals surface area contributed by atoms with Gasteiger partial charge in [0.15, 0.2) is 0 Å². The van der Waals surface area contributed by atoms with E-state index in [1.165, 1.54) is 6.08 Å². The van der Waals surface area contributed by atoms with Crippen LogP contribution in [-0.2, 0) is 9.53 Å². The zero-order chi connectivity index (χ0) is 9.94. The van der Waals surface area contributed by atoms with Crippen molar-refractivity contribution < 1.29 is 9.53 Å². The summed E-state index contributed by atoms with van der Waals surface area (Å²) in [4.78, 5) is 10.9. The maximum Gasteiger partial charge on any atom is 0.306 e. The summed E-state index contributed by atoms with van der Waals surface area (Å²) in [7, 11) is 0. The minimum absolute atomic E-state index is 0.202. The first-order valence-corrected chi connectivity index (χ1v) is 4.67. The predicted molar refractivity (Wildman–Crippen MR) is 53.5 cm³/mol. The summed E-state index contributed by atoms with van der Waals surface area (Å²) in [5.74, 6) is 2.69. The molecule has 0 saturated heterocycles. The van der Waals surface area contributed by atoms with Gasteiger partial charge in [-0.2, -0.15) is 0 Å². The first-order valence-electron chi connectivity index (χ1n) is 4.14. The van der Waals surface area contributed by atoms with Crippen molar-refractivity contribution in [1.29, 1.82) is 0 Å². The van der Waals surface area contributed by atoms with Crippen LogP contribution in [-0.4, -0.2) is 18.5 Å². The Kier molecular flexibility index (Phi) is 8.49. The molecule has 0 aliphatic carbocycles. The molecule has 0 spiro atoms. The second-order valence-corrected chi connectivity index (χ2v) is 2.78. The number of rotatable bonds is 6. The molecule has 13 heavy (non-hydrogen) atoms. The van der Waals surface area contributed by atoms with Crippen molar-refractivity contribution in [2.24, 2.45) is 0 Å². The summed E-state index contributed by atoms with van der Waals surface area (Å²) in [6.07, 6.45) is 10.1. The average molecular weight is 201 g/mol. The quantitative estimate of drug-likeness (QED) is 0.284. The molecule has 0 aromatic rings. The summed E-state index contributed by atoms with van der Waals surface area (Å²) in [5, 5.41) is 0. The van der Waals surface area contributed by atoms with E-state index in [0.29, 0.717) is 12.3 Å². The predicted octanol–water partition coefficient (Wildman–Crippen LogP) is 2.13. The van der Waals surface area contributed by atoms with E-state index in [1.54, 1.807) is 6.08 Å². The van der Waals surface area contributed by atoms with E-state index in [0.717, 1.165) is 12.8 Å². The molecule has 2 nitrogen and oxygen atoms in total. The van der Waals surface area contributed by atoms with Crippen LogP contribution in [0.2, 0.25) is 0 Å². The number of terminal acetylenes is 1. The van der Waals surface area contributed by atoms with Gasteiger partial charge in [-0.15, -0.1) is 18.0 Å². The van der Waals surface area contributed by atoms with Gasteiger partial charge in [0.1, 0.15) is 6.61 Å². The van der Waals surface area contributed by atoms with E-state index in [-0.39, 0.29) is 12.6 Å². The van der Waals surface area contributed by atoms with Gasteiger partial charge in [0.25, 0.3) is 0 Å². The zero-order valence-corrected chi connectivity index (χ0v) is 8.22. The standard InChI is InChI=1S/C10H13ClO2/c1-2-3-6-9-13-10(12)7-4-5-8-11/h1,3,6H,4-5,7-9H2/b6-3+. The monoisotopic (exact) mass is 200 g/mol. The first kappa shape index (κ1) is 12.1. The fourth-order valence-electron chi connectivity index (χ4n) is 0.693. The number of ether oxygens (including phenoxy) is 1. The van der Waals surface area contributed by atoms with Crippen molar-refractivity contribution in [3.05, 3.63) is 12.2 Å². The summed E-state index contributed by atoms with van der Waals surface area (Å²) in [6, 6.07) is 0. The minimum Gasteiger partial charge on any atom is -0.461 e. The van der Waals surface area contributed by atoms with Gasteiger partial charge in [-0.3, -0.25) is 4.79 Å². The van der Waals surface area contributed by atoms with E-state index < -0.39 is 0 Å². The van der Waals surface area contributed by atoms with Gasteiger partial charge in [-0.25, -0.2) is 0 Å². The van der Waals surface area contributed by atoms with Gasteiger partial charge >= 0.3 is 5.97 Å². The molecule has 0 aliphatic rings. The van der Waals surface area contributed by atoms with Crippen LogP contribution in [0.1, 0.15) is 19.3 Å². The number of hydrogen-bond donors (Lipinski definition) is 0. The maximum absolute atomic E-state index is 10.9. The van der Waals surface area contributed by atoms with Gasteiger partial charge in [0.2, 0.25) is 0 Å². The highest BCUT2D eigenvalue weighted by Gasteiger charge is 1.99. The number of halogens is 1. The molecule has 0 radical (unpaired) electrons. The van der Waals surface area contributed by atoms with Gasteiger partial charge < -0.3 is 4.74 Å². The molecule has 0 rings (SSSR count). The number of hydrogen-bond acceptors (Lipinski definition) is 2. The van der Waals surface area contributed by atoms with Crippen molar-refractivity contribution >= 4 is 17.6 Å². The highest BCUT2D eigenvalue weighted by Crippen LogP contribution is 1.98. The number of esters is 1. The molecule has 0 aromatic carbocycles. The largest absolute Gasteiger partial charge is 0.461 e. The lowest BCUT2D eigenvalue weighted by Crippen LogP contribution is -2.03. The van der Waals surface area contributed by atoms with Crippen LogP contribution < -0.4 is 0 Å². The molecule has 0 bridgehead atoms. The fourth-order valence-corrected chi connectivity index (χ4v) is 0.882. The average Bonchev–Trinajstić information content (AvgIpc) is 2.13. The van der Waals surface area contributed by atoms with Crippen LogP contribution >= 0.6 is 11.6 Å². The fraction of sp³-hybridized carbons (Fsp3) is 0.500. The van der Waals surface area contributed by atoms with Crippen LogP contribution in [0.4, 0.5) is 0 Å². The van der Waals surface area contributed by atoms with Crippen molar-refractivity contribution in [2.75, 3.05) is 12.5 Å². The van der Waals surface area contributed by atoms with Gasteiger partial charge in [0, 0.05) is 12.3 Å². The summed E-state index contributed by atoms with van der Waals surface area (Å²) < 4.78 is 4.83. The Hall–Kier alpha value is -0.940. The van der Waals surface area contributed by atoms with Crippen LogP contribution in [0.5, 0.6) is 0 Å². The van der Waals surface area contributed by atoms with Crippen molar-refractivity contribution in [2.45, 2.75) is 19.3 Å². The summed E-state index contributed by atoms with van der Waals surface area (Å²) in [5.41, 5.74) is 0. The molecule has 0 atom stereocenters. The van der Waals surface area contributed by atoms with Crippen LogP contribution in [0.3, 0.4) is 0 Å². The van der Waals surface area contributed by atoms with E-state index in [9.17, 15) is 4.79 Å². The lowest BCUT2D eigenvalue weighted by atomic mass is 10.2. The molecule has 72 valence electrons. The minimum atomic E-state index is -0.202. The number of allylic oxidation sites excluding steroid dienone is 1. The highest BCUT2D eigenvalue weighted by atomic mass is 35.5. The number of carbonyl (C=O) groups is 1. The second kappa shape index (κ2) is 9.15. The van der Waals surface area contributed by atoms with Crippen LogP contribution in [0, 0.1) is 12.3 Å². The Labute approximate surface area is 83.9 Å². The number of carbonyl (C=O) groups excluding carboxylic acids is 1. The Morgan fingerprint density at radius 3 is 2.92 bits per heavy atom. The van der Waals surface area contributed by atoms with Crippen molar-refractivity contribution in [1.82, 2.24) is 0 Å². The van der Waals surface area contributed by atoms with E-state index in [2.05, 4.69) is 5.92 Å². The number of unbranched alkanes of at least 4 members (excludes halogenated alkanes) is 1. The molecule has 3 heteroatoms. The van der Waals surface area contributed by atoms with E-state index in [1.807, 2.05) is 0 Å². The molecule has 0 amide bonds. The third-order valence-corrected chi connectivity index (χ3v) is 1.59. The molecule has 0 N–H and O–H groups in total. The zero-order valence-electron chi connectivity index (χ0n) is 7.46. The van der Waals surface area contributed by atoms with Gasteiger partial charge in [-0.05, 0) is 25.0 Å². The maximum atomic E-state index is 10.9. The normalized spacial score (nSPS) is 9.85. The van der Waals surface area contributed by atoms with Crippen LogP contribution in [0.25, 0.3) is 0 Å². The number of alkyl halides is 1. The molecular formula is C10H13ClO2. The topological polar surface area (TPSA) is 26.3 Å². The smallest absolute Gasteiger partial charge is 0.306 e. The third kappa shape index (κ3) is 8.97. The van der Waals surface area contributed by atoms with E-state index in [4.69, 9.17) is 22.8 Å². The molecule has 0 unspecified atom stereocenters. The van der Waals surface area contributed by atoms with Gasteiger partial charge in [-0.1, -0.05) is 5.92 Å². The SMILES string of the molecule is C#C/C=C/COC(=O)CCCCCl. The second-order valence-electron chi connectivity index (χ2n) is 2.40. The summed E-state index contributed by atoms with van der Waals surface area (Å²) >= 11 is 5.45. The Balaban J connectivity index is 3.31. The highest BCUT2D eigenvalue weighted by molar-refractivity contribution is 6.17. The molecular weight excluding hydrogens is 188 g/mol. The Bertz CT molecular complexity index is 203.